The van der Waals surface area contributed by atoms with Crippen LogP contribution in [-0.2, 0) is 29.0 Å². The van der Waals surface area contributed by atoms with Crippen LogP contribution in [0.5, 0.6) is 0 Å². The normalized spacial score (nSPS) is 10.6. The van der Waals surface area contributed by atoms with Crippen molar-refractivity contribution in [2.24, 2.45) is 0 Å². The molecule has 0 aliphatic rings. The molecule has 0 radical (unpaired) electrons. The van der Waals surface area contributed by atoms with E-state index in [9.17, 15) is 9.59 Å². The van der Waals surface area contributed by atoms with Gasteiger partial charge in [0.25, 0.3) is 0 Å². The van der Waals surface area contributed by atoms with Crippen LogP contribution in [-0.4, -0.2) is 37.7 Å². The predicted octanol–water partition coefficient (Wildman–Crippen LogP) is 3.53. The molecule has 0 unspecified atom stereocenters. The van der Waals surface area contributed by atoms with Crippen molar-refractivity contribution in [1.82, 2.24) is 0 Å². The Morgan fingerprint density at radius 2 is 1.05 bits per heavy atom. The van der Waals surface area contributed by atoms with Gasteiger partial charge in [0, 0.05) is 0 Å². The second-order valence-electron chi connectivity index (χ2n) is 5.06. The standard InChI is InChI=1S/C14H26O8/c1-11(2)19-13(15)21-17-9-7-5-6-8-10-18-22-14(16)20-12(3)4/h11-12H,5-10H2,1-4H3. The SMILES string of the molecule is CC(C)OC(=O)OOCCCCCCOOC(=O)OC(C)C. The lowest BCUT2D eigenvalue weighted by atomic mass is 10.2. The first-order valence-corrected chi connectivity index (χ1v) is 7.42. The van der Waals surface area contributed by atoms with Gasteiger partial charge in [0.1, 0.15) is 0 Å². The molecule has 0 saturated heterocycles. The minimum atomic E-state index is -0.839. The first-order chi connectivity index (χ1) is 10.4. The molecule has 0 N–H and O–H groups in total. The summed E-state index contributed by atoms with van der Waals surface area (Å²) in [6, 6.07) is 0. The van der Waals surface area contributed by atoms with Crippen molar-refractivity contribution in [3.05, 3.63) is 0 Å². The molecule has 0 rings (SSSR count). The molecule has 0 aromatic carbocycles. The summed E-state index contributed by atoms with van der Waals surface area (Å²) >= 11 is 0. The van der Waals surface area contributed by atoms with E-state index in [0.717, 1.165) is 25.7 Å². The average molecular weight is 322 g/mol. The van der Waals surface area contributed by atoms with Gasteiger partial charge in [-0.15, -0.1) is 0 Å². The molecule has 8 nitrogen and oxygen atoms in total. The van der Waals surface area contributed by atoms with Crippen LogP contribution in [0.4, 0.5) is 9.59 Å². The van der Waals surface area contributed by atoms with Crippen molar-refractivity contribution in [2.45, 2.75) is 65.6 Å². The van der Waals surface area contributed by atoms with Gasteiger partial charge >= 0.3 is 12.3 Å². The topological polar surface area (TPSA) is 89.5 Å². The van der Waals surface area contributed by atoms with Crippen molar-refractivity contribution in [3.8, 4) is 0 Å². The van der Waals surface area contributed by atoms with Crippen LogP contribution in [0.25, 0.3) is 0 Å². The lowest BCUT2D eigenvalue weighted by Crippen LogP contribution is -2.14. The summed E-state index contributed by atoms with van der Waals surface area (Å²) in [7, 11) is 0. The fourth-order valence-electron chi connectivity index (χ4n) is 1.28. The lowest BCUT2D eigenvalue weighted by molar-refractivity contribution is -0.259. The Hall–Kier alpha value is -1.54. The fraction of sp³-hybridized carbons (Fsp3) is 0.857. The Balaban J connectivity index is 3.24. The van der Waals surface area contributed by atoms with Crippen LogP contribution < -0.4 is 0 Å². The maximum Gasteiger partial charge on any atom is 0.540 e. The van der Waals surface area contributed by atoms with Gasteiger partial charge in [0.2, 0.25) is 0 Å². The Labute approximate surface area is 130 Å². The molecule has 0 aliphatic heterocycles. The molecular formula is C14H26O8. The minimum absolute atomic E-state index is 0.240. The third-order valence-electron chi connectivity index (χ3n) is 2.12. The smallest absolute Gasteiger partial charge is 0.430 e. The molecule has 0 fully saturated rings. The van der Waals surface area contributed by atoms with Gasteiger partial charge in [0.05, 0.1) is 25.4 Å². The summed E-state index contributed by atoms with van der Waals surface area (Å²) in [6.45, 7) is 7.47. The maximum atomic E-state index is 10.9. The van der Waals surface area contributed by atoms with Crippen LogP contribution in [0, 0.1) is 0 Å². The number of ether oxygens (including phenoxy) is 2. The molecule has 0 bridgehead atoms. The first kappa shape index (κ1) is 20.5. The van der Waals surface area contributed by atoms with Gasteiger partial charge < -0.3 is 9.47 Å². The van der Waals surface area contributed by atoms with Crippen LogP contribution in [0.1, 0.15) is 53.4 Å². The Morgan fingerprint density at radius 1 is 0.682 bits per heavy atom. The van der Waals surface area contributed by atoms with Gasteiger partial charge in [-0.2, -0.15) is 9.78 Å². The second-order valence-corrected chi connectivity index (χ2v) is 5.06. The van der Waals surface area contributed by atoms with E-state index >= 15 is 0 Å². The molecule has 0 aromatic heterocycles. The van der Waals surface area contributed by atoms with E-state index in [-0.39, 0.29) is 12.2 Å². The van der Waals surface area contributed by atoms with Crippen molar-refractivity contribution >= 4 is 12.3 Å². The molecule has 0 aromatic rings. The number of hydrogen-bond acceptors (Lipinski definition) is 8. The number of carbonyl (C=O) groups excluding carboxylic acids is 2. The van der Waals surface area contributed by atoms with E-state index in [4.69, 9.17) is 19.2 Å². The third-order valence-corrected chi connectivity index (χ3v) is 2.12. The Kier molecular flexibility index (Phi) is 12.2. The molecule has 0 amide bonds. The van der Waals surface area contributed by atoms with Crippen LogP contribution >= 0.6 is 0 Å². The molecule has 0 saturated carbocycles. The molecule has 22 heavy (non-hydrogen) atoms. The van der Waals surface area contributed by atoms with Gasteiger partial charge in [-0.3, -0.25) is 9.78 Å². The van der Waals surface area contributed by atoms with E-state index < -0.39 is 12.3 Å². The van der Waals surface area contributed by atoms with Crippen molar-refractivity contribution < 1.29 is 38.6 Å². The first-order valence-electron chi connectivity index (χ1n) is 7.42. The Bertz CT molecular complexity index is 273. The highest BCUT2D eigenvalue weighted by Gasteiger charge is 2.08. The van der Waals surface area contributed by atoms with Crippen molar-refractivity contribution in [1.29, 1.82) is 0 Å². The zero-order valence-corrected chi connectivity index (χ0v) is 13.7. The molecular weight excluding hydrogens is 296 g/mol. The Morgan fingerprint density at radius 3 is 1.36 bits per heavy atom. The molecule has 8 heteroatoms. The largest absolute Gasteiger partial charge is 0.540 e. The monoisotopic (exact) mass is 322 g/mol. The summed E-state index contributed by atoms with van der Waals surface area (Å²) < 4.78 is 9.42. The number of unbranched alkanes of at least 4 members (excludes halogenated alkanes) is 3. The highest BCUT2D eigenvalue weighted by Crippen LogP contribution is 2.02. The van der Waals surface area contributed by atoms with Crippen LogP contribution in [0.2, 0.25) is 0 Å². The van der Waals surface area contributed by atoms with Gasteiger partial charge in [-0.05, 0) is 40.5 Å². The summed E-state index contributed by atoms with van der Waals surface area (Å²) in [5, 5.41) is 0. The van der Waals surface area contributed by atoms with Crippen molar-refractivity contribution in [2.75, 3.05) is 13.2 Å². The van der Waals surface area contributed by atoms with E-state index in [1.807, 2.05) is 0 Å². The molecule has 0 aliphatic carbocycles. The zero-order chi connectivity index (χ0) is 16.8. The summed E-state index contributed by atoms with van der Waals surface area (Å²) in [6.07, 6.45) is 1.02. The summed E-state index contributed by atoms with van der Waals surface area (Å²) in [5.74, 6) is 0. The van der Waals surface area contributed by atoms with Crippen LogP contribution in [0.3, 0.4) is 0 Å². The van der Waals surface area contributed by atoms with E-state index in [0.29, 0.717) is 13.2 Å². The molecule has 130 valence electrons. The maximum absolute atomic E-state index is 10.9. The molecule has 0 spiro atoms. The minimum Gasteiger partial charge on any atom is -0.430 e. The quantitative estimate of drug-likeness (QED) is 0.247. The highest BCUT2D eigenvalue weighted by molar-refractivity contribution is 5.59. The highest BCUT2D eigenvalue weighted by atomic mass is 17.2. The molecule has 0 atom stereocenters. The van der Waals surface area contributed by atoms with Gasteiger partial charge in [-0.25, -0.2) is 9.59 Å². The molecule has 0 heterocycles. The van der Waals surface area contributed by atoms with Crippen LogP contribution in [0.15, 0.2) is 0 Å². The van der Waals surface area contributed by atoms with E-state index in [1.54, 1.807) is 27.7 Å². The fourth-order valence-corrected chi connectivity index (χ4v) is 1.28. The second kappa shape index (κ2) is 13.1. The van der Waals surface area contributed by atoms with Gasteiger partial charge in [-0.1, -0.05) is 12.8 Å². The number of hydrogen-bond donors (Lipinski definition) is 0. The van der Waals surface area contributed by atoms with E-state index in [2.05, 4.69) is 9.78 Å². The third kappa shape index (κ3) is 14.9. The number of rotatable bonds is 11. The van der Waals surface area contributed by atoms with Gasteiger partial charge in [0.15, 0.2) is 0 Å². The lowest BCUT2D eigenvalue weighted by Gasteiger charge is -2.07. The average Bonchev–Trinajstić information content (AvgIpc) is 2.39. The zero-order valence-electron chi connectivity index (χ0n) is 13.7. The summed E-state index contributed by atoms with van der Waals surface area (Å²) in [5.41, 5.74) is 0. The number of carbonyl (C=O) groups is 2. The summed E-state index contributed by atoms with van der Waals surface area (Å²) in [4.78, 5) is 40.1. The predicted molar refractivity (Wildman–Crippen MR) is 75.8 cm³/mol. The van der Waals surface area contributed by atoms with Crippen molar-refractivity contribution in [3.63, 3.8) is 0 Å². The van der Waals surface area contributed by atoms with E-state index in [1.165, 1.54) is 0 Å².